The van der Waals surface area contributed by atoms with Crippen molar-refractivity contribution in [1.82, 2.24) is 10.2 Å². The van der Waals surface area contributed by atoms with Gasteiger partial charge in [-0.3, -0.25) is 4.90 Å². The summed E-state index contributed by atoms with van der Waals surface area (Å²) < 4.78 is 0. The van der Waals surface area contributed by atoms with Crippen LogP contribution in [-0.2, 0) is 19.4 Å². The summed E-state index contributed by atoms with van der Waals surface area (Å²) in [4.78, 5) is 2.51. The molecule has 0 aromatic heterocycles. The molecule has 0 saturated carbocycles. The lowest BCUT2D eigenvalue weighted by Crippen LogP contribution is -2.43. The molecule has 3 rings (SSSR count). The Morgan fingerprint density at radius 2 is 1.78 bits per heavy atom. The van der Waals surface area contributed by atoms with Crippen LogP contribution >= 0.6 is 0 Å². The Balaban J connectivity index is 1.82. The average molecular weight is 246 g/mol. The van der Waals surface area contributed by atoms with Crippen molar-refractivity contribution < 1.29 is 5.11 Å². The number of nitrogens with zero attached hydrogens (tertiary/aromatic N) is 1. The molecule has 0 spiro atoms. The predicted molar refractivity (Wildman–Crippen MR) is 72.9 cm³/mol. The number of hydrogen-bond acceptors (Lipinski definition) is 3. The first-order valence-electron chi connectivity index (χ1n) is 7.10. The maximum atomic E-state index is 9.96. The van der Waals surface area contributed by atoms with Crippen molar-refractivity contribution in [2.45, 2.75) is 32.2 Å². The van der Waals surface area contributed by atoms with E-state index in [4.69, 9.17) is 0 Å². The van der Waals surface area contributed by atoms with Gasteiger partial charge in [0.1, 0.15) is 5.75 Å². The van der Waals surface area contributed by atoms with E-state index in [1.807, 2.05) is 6.07 Å². The fourth-order valence-electron chi connectivity index (χ4n) is 3.18. The van der Waals surface area contributed by atoms with E-state index in [-0.39, 0.29) is 0 Å². The van der Waals surface area contributed by atoms with Gasteiger partial charge in [0.15, 0.2) is 0 Å². The van der Waals surface area contributed by atoms with Crippen molar-refractivity contribution in [2.24, 2.45) is 0 Å². The molecule has 98 valence electrons. The molecule has 18 heavy (non-hydrogen) atoms. The number of nitrogens with one attached hydrogen (secondary N) is 1. The molecule has 0 amide bonds. The van der Waals surface area contributed by atoms with Crippen LogP contribution in [0.15, 0.2) is 12.1 Å². The minimum absolute atomic E-state index is 0.508. The van der Waals surface area contributed by atoms with Gasteiger partial charge in [-0.25, -0.2) is 0 Å². The zero-order valence-electron chi connectivity index (χ0n) is 10.9. The number of phenolic OH excluding ortho intramolecular Hbond substituents is 1. The van der Waals surface area contributed by atoms with Gasteiger partial charge in [-0.05, 0) is 48.4 Å². The number of benzene rings is 1. The number of fused-ring (bicyclic) bond motifs is 1. The van der Waals surface area contributed by atoms with Gasteiger partial charge < -0.3 is 10.4 Å². The Morgan fingerprint density at radius 3 is 2.56 bits per heavy atom. The number of rotatable bonds is 2. The highest BCUT2D eigenvalue weighted by atomic mass is 16.3. The third-order valence-corrected chi connectivity index (χ3v) is 4.21. The number of hydrogen-bond donors (Lipinski definition) is 2. The molecule has 1 fully saturated rings. The molecule has 1 aromatic rings. The topological polar surface area (TPSA) is 35.5 Å². The normalized spacial score (nSPS) is 20.7. The first-order valence-corrected chi connectivity index (χ1v) is 7.10. The molecule has 1 saturated heterocycles. The molecule has 0 radical (unpaired) electrons. The van der Waals surface area contributed by atoms with Crippen LogP contribution in [-0.4, -0.2) is 36.2 Å². The van der Waals surface area contributed by atoms with E-state index in [0.29, 0.717) is 5.75 Å². The van der Waals surface area contributed by atoms with Crippen LogP contribution in [0.1, 0.15) is 29.5 Å². The SMILES string of the molecule is Oc1ccc(CN2CCNCC2)c2c1CCCC2. The Hall–Kier alpha value is -1.06. The largest absolute Gasteiger partial charge is 0.508 e. The second kappa shape index (κ2) is 5.29. The third kappa shape index (κ3) is 2.38. The van der Waals surface area contributed by atoms with Crippen molar-refractivity contribution in [3.05, 3.63) is 28.8 Å². The molecule has 0 unspecified atom stereocenters. The number of piperazine rings is 1. The van der Waals surface area contributed by atoms with Gasteiger partial charge in [0.05, 0.1) is 0 Å². The molecule has 1 aliphatic carbocycles. The smallest absolute Gasteiger partial charge is 0.119 e. The van der Waals surface area contributed by atoms with E-state index in [1.54, 1.807) is 0 Å². The molecular weight excluding hydrogens is 224 g/mol. The zero-order chi connectivity index (χ0) is 12.4. The molecule has 0 bridgehead atoms. The van der Waals surface area contributed by atoms with Gasteiger partial charge >= 0.3 is 0 Å². The predicted octanol–water partition coefficient (Wildman–Crippen LogP) is 1.68. The summed E-state index contributed by atoms with van der Waals surface area (Å²) in [5.74, 6) is 0.508. The van der Waals surface area contributed by atoms with Crippen LogP contribution in [0.25, 0.3) is 0 Å². The highest BCUT2D eigenvalue weighted by Crippen LogP contribution is 2.32. The van der Waals surface area contributed by atoms with Crippen LogP contribution in [0.4, 0.5) is 0 Å². The molecule has 2 aliphatic rings. The van der Waals surface area contributed by atoms with Crippen molar-refractivity contribution in [1.29, 1.82) is 0 Å². The van der Waals surface area contributed by atoms with Gasteiger partial charge in [-0.15, -0.1) is 0 Å². The molecule has 1 aliphatic heterocycles. The quantitative estimate of drug-likeness (QED) is 0.833. The van der Waals surface area contributed by atoms with Gasteiger partial charge in [0.2, 0.25) is 0 Å². The van der Waals surface area contributed by atoms with E-state index < -0.39 is 0 Å². The summed E-state index contributed by atoms with van der Waals surface area (Å²) in [7, 11) is 0. The fourth-order valence-corrected chi connectivity index (χ4v) is 3.18. The second-order valence-electron chi connectivity index (χ2n) is 5.43. The number of aromatic hydroxyl groups is 1. The molecule has 1 heterocycles. The first kappa shape index (κ1) is 12.0. The summed E-state index contributed by atoms with van der Waals surface area (Å²) in [6.45, 7) is 5.51. The van der Waals surface area contributed by atoms with Crippen LogP contribution in [0.5, 0.6) is 5.75 Å². The monoisotopic (exact) mass is 246 g/mol. The van der Waals surface area contributed by atoms with E-state index in [2.05, 4.69) is 16.3 Å². The van der Waals surface area contributed by atoms with Gasteiger partial charge in [0, 0.05) is 32.7 Å². The minimum atomic E-state index is 0.508. The highest BCUT2D eigenvalue weighted by Gasteiger charge is 2.18. The minimum Gasteiger partial charge on any atom is -0.508 e. The second-order valence-corrected chi connectivity index (χ2v) is 5.43. The van der Waals surface area contributed by atoms with Gasteiger partial charge in [-0.2, -0.15) is 0 Å². The summed E-state index contributed by atoms with van der Waals surface area (Å²) in [5, 5.41) is 13.4. The fraction of sp³-hybridized carbons (Fsp3) is 0.600. The Kier molecular flexibility index (Phi) is 3.52. The zero-order valence-corrected chi connectivity index (χ0v) is 10.9. The molecule has 1 aromatic carbocycles. The number of phenols is 1. The van der Waals surface area contributed by atoms with E-state index >= 15 is 0 Å². The third-order valence-electron chi connectivity index (χ3n) is 4.21. The lowest BCUT2D eigenvalue weighted by Gasteiger charge is -2.29. The van der Waals surface area contributed by atoms with Crippen molar-refractivity contribution in [2.75, 3.05) is 26.2 Å². The summed E-state index contributed by atoms with van der Waals surface area (Å²) in [5.41, 5.74) is 4.08. The molecule has 3 nitrogen and oxygen atoms in total. The Labute approximate surface area is 109 Å². The van der Waals surface area contributed by atoms with Gasteiger partial charge in [-0.1, -0.05) is 6.07 Å². The standard InChI is InChI=1S/C15H22N2O/c18-15-6-5-12(11-17-9-7-16-8-10-17)13-3-1-2-4-14(13)15/h5-6,16,18H,1-4,7-11H2. The van der Waals surface area contributed by atoms with Crippen LogP contribution < -0.4 is 5.32 Å². The van der Waals surface area contributed by atoms with Crippen LogP contribution in [0.2, 0.25) is 0 Å². The van der Waals surface area contributed by atoms with Crippen LogP contribution in [0, 0.1) is 0 Å². The maximum absolute atomic E-state index is 9.96. The molecule has 2 N–H and O–H groups in total. The maximum Gasteiger partial charge on any atom is 0.119 e. The lowest BCUT2D eigenvalue weighted by atomic mass is 9.87. The Bertz CT molecular complexity index is 425. The summed E-state index contributed by atoms with van der Waals surface area (Å²) in [6.07, 6.45) is 4.68. The average Bonchev–Trinajstić information content (AvgIpc) is 2.44. The van der Waals surface area contributed by atoms with Crippen molar-refractivity contribution >= 4 is 0 Å². The van der Waals surface area contributed by atoms with E-state index in [9.17, 15) is 5.11 Å². The summed E-state index contributed by atoms with van der Waals surface area (Å²) >= 11 is 0. The van der Waals surface area contributed by atoms with Gasteiger partial charge in [0.25, 0.3) is 0 Å². The molecular formula is C15H22N2O. The van der Waals surface area contributed by atoms with E-state index in [1.165, 1.54) is 29.5 Å². The van der Waals surface area contributed by atoms with E-state index in [0.717, 1.165) is 45.6 Å². The van der Waals surface area contributed by atoms with Crippen molar-refractivity contribution in [3.8, 4) is 5.75 Å². The molecule has 3 heteroatoms. The summed E-state index contributed by atoms with van der Waals surface area (Å²) in [6, 6.07) is 4.02. The van der Waals surface area contributed by atoms with Crippen LogP contribution in [0.3, 0.4) is 0 Å². The van der Waals surface area contributed by atoms with Crippen molar-refractivity contribution in [3.63, 3.8) is 0 Å². The Morgan fingerprint density at radius 1 is 1.06 bits per heavy atom. The molecule has 0 atom stereocenters. The highest BCUT2D eigenvalue weighted by molar-refractivity contribution is 5.45. The first-order chi connectivity index (χ1) is 8.84. The lowest BCUT2D eigenvalue weighted by molar-refractivity contribution is 0.232.